The van der Waals surface area contributed by atoms with Gasteiger partial charge in [0, 0.05) is 24.0 Å². The molecule has 1 atom stereocenters. The Morgan fingerprint density at radius 2 is 2.00 bits per heavy atom. The van der Waals surface area contributed by atoms with Gasteiger partial charge in [-0.05, 0) is 36.8 Å². The third-order valence-corrected chi connectivity index (χ3v) is 3.55. The molecule has 1 heterocycles. The summed E-state index contributed by atoms with van der Waals surface area (Å²) in [5.74, 6) is 0.505. The van der Waals surface area contributed by atoms with Crippen molar-refractivity contribution in [3.8, 4) is 5.75 Å². The van der Waals surface area contributed by atoms with Gasteiger partial charge in [-0.15, -0.1) is 0 Å². The summed E-state index contributed by atoms with van der Waals surface area (Å²) in [6.45, 7) is 5.77. The number of hydrogen-bond acceptors (Lipinski definition) is 4. The van der Waals surface area contributed by atoms with Gasteiger partial charge in [-0.25, -0.2) is 0 Å². The molecule has 0 bridgehead atoms. The molecule has 0 aliphatic heterocycles. The molecular weight excluding hydrogens is 290 g/mol. The van der Waals surface area contributed by atoms with Crippen LogP contribution in [0.3, 0.4) is 0 Å². The third kappa shape index (κ3) is 4.45. The van der Waals surface area contributed by atoms with Crippen LogP contribution >= 0.6 is 0 Å². The first-order valence-corrected chi connectivity index (χ1v) is 7.66. The molecular formula is C18H23N3O2. The third-order valence-electron chi connectivity index (χ3n) is 3.55. The van der Waals surface area contributed by atoms with Crippen LogP contribution in [0.2, 0.25) is 0 Å². The Balaban J connectivity index is 2.18. The van der Waals surface area contributed by atoms with Crippen LogP contribution in [0, 0.1) is 5.92 Å². The maximum Gasteiger partial charge on any atom is 0.227 e. The number of methoxy groups -OCH3 is 1. The number of rotatable bonds is 6. The molecule has 2 aromatic rings. The average Bonchev–Trinajstić information content (AvgIpc) is 2.55. The number of ether oxygens (including phenoxy) is 1. The number of nitrogens with zero attached hydrogens (tertiary/aromatic N) is 1. The first-order chi connectivity index (χ1) is 11.0. The van der Waals surface area contributed by atoms with Crippen molar-refractivity contribution in [1.82, 2.24) is 4.98 Å². The Morgan fingerprint density at radius 3 is 2.61 bits per heavy atom. The summed E-state index contributed by atoms with van der Waals surface area (Å²) in [6, 6.07) is 9.69. The second-order valence-corrected chi connectivity index (χ2v) is 5.71. The Bertz CT molecular complexity index is 657. The number of amides is 1. The number of carbonyl (C=O) groups is 1. The lowest BCUT2D eigenvalue weighted by atomic mass is 10.1. The SMILES string of the molecule is COc1ccc(NC(C)c2cccnc2)cc1NC(=O)C(C)C. The highest BCUT2D eigenvalue weighted by Crippen LogP contribution is 2.30. The largest absolute Gasteiger partial charge is 0.495 e. The number of benzene rings is 1. The van der Waals surface area contributed by atoms with E-state index in [4.69, 9.17) is 4.74 Å². The van der Waals surface area contributed by atoms with Crippen molar-refractivity contribution < 1.29 is 9.53 Å². The molecule has 1 amide bonds. The summed E-state index contributed by atoms with van der Waals surface area (Å²) in [5, 5.41) is 6.30. The summed E-state index contributed by atoms with van der Waals surface area (Å²) < 4.78 is 5.32. The molecule has 0 aliphatic rings. The van der Waals surface area contributed by atoms with E-state index in [2.05, 4.69) is 22.5 Å². The molecule has 0 aliphatic carbocycles. The molecule has 1 unspecified atom stereocenters. The lowest BCUT2D eigenvalue weighted by molar-refractivity contribution is -0.118. The molecule has 2 rings (SSSR count). The van der Waals surface area contributed by atoms with E-state index in [0.29, 0.717) is 11.4 Å². The summed E-state index contributed by atoms with van der Waals surface area (Å²) in [6.07, 6.45) is 3.59. The Hall–Kier alpha value is -2.56. The Labute approximate surface area is 137 Å². The Kier molecular flexibility index (Phi) is 5.57. The zero-order valence-corrected chi connectivity index (χ0v) is 14.0. The first-order valence-electron chi connectivity index (χ1n) is 7.66. The normalized spacial score (nSPS) is 11.9. The van der Waals surface area contributed by atoms with Crippen LogP contribution in [-0.2, 0) is 4.79 Å². The van der Waals surface area contributed by atoms with Crippen molar-refractivity contribution in [2.45, 2.75) is 26.8 Å². The van der Waals surface area contributed by atoms with E-state index in [1.165, 1.54) is 0 Å². The van der Waals surface area contributed by atoms with Crippen LogP contribution in [-0.4, -0.2) is 18.0 Å². The van der Waals surface area contributed by atoms with Gasteiger partial charge in [0.25, 0.3) is 0 Å². The van der Waals surface area contributed by atoms with Crippen LogP contribution in [0.1, 0.15) is 32.4 Å². The number of carbonyl (C=O) groups excluding carboxylic acids is 1. The van der Waals surface area contributed by atoms with Gasteiger partial charge < -0.3 is 15.4 Å². The number of hydrogen-bond donors (Lipinski definition) is 2. The second kappa shape index (κ2) is 7.63. The van der Waals surface area contributed by atoms with Crippen LogP contribution < -0.4 is 15.4 Å². The van der Waals surface area contributed by atoms with Crippen molar-refractivity contribution in [3.63, 3.8) is 0 Å². The standard InChI is InChI=1S/C18H23N3O2/c1-12(2)18(22)21-16-10-15(7-8-17(16)23-4)20-13(3)14-6-5-9-19-11-14/h5-13,20H,1-4H3,(H,21,22). The van der Waals surface area contributed by atoms with Crippen molar-refractivity contribution >= 4 is 17.3 Å². The summed E-state index contributed by atoms with van der Waals surface area (Å²) in [7, 11) is 1.59. The zero-order valence-electron chi connectivity index (χ0n) is 14.0. The van der Waals surface area contributed by atoms with Crippen LogP contribution in [0.15, 0.2) is 42.7 Å². The van der Waals surface area contributed by atoms with E-state index in [9.17, 15) is 4.79 Å². The molecule has 0 saturated heterocycles. The molecule has 5 nitrogen and oxygen atoms in total. The van der Waals surface area contributed by atoms with Gasteiger partial charge >= 0.3 is 0 Å². The second-order valence-electron chi connectivity index (χ2n) is 5.71. The van der Waals surface area contributed by atoms with Crippen molar-refractivity contribution in [3.05, 3.63) is 48.3 Å². The molecule has 2 N–H and O–H groups in total. The lowest BCUT2D eigenvalue weighted by Crippen LogP contribution is -2.18. The van der Waals surface area contributed by atoms with E-state index in [1.807, 2.05) is 50.4 Å². The van der Waals surface area contributed by atoms with Gasteiger partial charge in [-0.1, -0.05) is 19.9 Å². The Morgan fingerprint density at radius 1 is 1.22 bits per heavy atom. The van der Waals surface area contributed by atoms with E-state index in [0.717, 1.165) is 11.3 Å². The van der Waals surface area contributed by atoms with Crippen molar-refractivity contribution in [2.75, 3.05) is 17.7 Å². The molecule has 0 radical (unpaired) electrons. The topological polar surface area (TPSA) is 63.2 Å². The quantitative estimate of drug-likeness (QED) is 0.850. The van der Waals surface area contributed by atoms with Gasteiger partial charge in [0.05, 0.1) is 18.8 Å². The van der Waals surface area contributed by atoms with Crippen molar-refractivity contribution in [1.29, 1.82) is 0 Å². The molecule has 0 fully saturated rings. The highest BCUT2D eigenvalue weighted by molar-refractivity contribution is 5.94. The number of aromatic nitrogens is 1. The minimum Gasteiger partial charge on any atom is -0.495 e. The number of pyridine rings is 1. The minimum atomic E-state index is -0.0920. The highest BCUT2D eigenvalue weighted by atomic mass is 16.5. The molecule has 1 aromatic heterocycles. The van der Waals surface area contributed by atoms with Crippen LogP contribution in [0.5, 0.6) is 5.75 Å². The van der Waals surface area contributed by atoms with E-state index in [1.54, 1.807) is 13.3 Å². The maximum absolute atomic E-state index is 11.9. The monoisotopic (exact) mass is 313 g/mol. The van der Waals surface area contributed by atoms with E-state index >= 15 is 0 Å². The summed E-state index contributed by atoms with van der Waals surface area (Å²) in [5.41, 5.74) is 2.66. The molecule has 5 heteroatoms. The highest BCUT2D eigenvalue weighted by Gasteiger charge is 2.12. The maximum atomic E-state index is 11.9. The predicted molar refractivity (Wildman–Crippen MR) is 92.7 cm³/mol. The summed E-state index contributed by atoms with van der Waals surface area (Å²) in [4.78, 5) is 16.1. The molecule has 0 saturated carbocycles. The van der Waals surface area contributed by atoms with Crippen LogP contribution in [0.4, 0.5) is 11.4 Å². The first kappa shape index (κ1) is 16.8. The predicted octanol–water partition coefficient (Wildman–Crippen LogP) is 3.86. The minimum absolute atomic E-state index is 0.0410. The van der Waals surface area contributed by atoms with Gasteiger partial charge in [0.1, 0.15) is 5.75 Å². The number of anilines is 2. The fourth-order valence-electron chi connectivity index (χ4n) is 2.14. The van der Waals surface area contributed by atoms with Crippen molar-refractivity contribution in [2.24, 2.45) is 5.92 Å². The van der Waals surface area contributed by atoms with Gasteiger partial charge in [-0.2, -0.15) is 0 Å². The van der Waals surface area contributed by atoms with E-state index < -0.39 is 0 Å². The zero-order chi connectivity index (χ0) is 16.8. The molecule has 23 heavy (non-hydrogen) atoms. The van der Waals surface area contributed by atoms with Gasteiger partial charge in [0.15, 0.2) is 0 Å². The smallest absolute Gasteiger partial charge is 0.227 e. The van der Waals surface area contributed by atoms with E-state index in [-0.39, 0.29) is 17.9 Å². The van der Waals surface area contributed by atoms with Gasteiger partial charge in [-0.3, -0.25) is 9.78 Å². The summed E-state index contributed by atoms with van der Waals surface area (Å²) >= 11 is 0. The van der Waals surface area contributed by atoms with Gasteiger partial charge in [0.2, 0.25) is 5.91 Å². The molecule has 0 spiro atoms. The molecule has 1 aromatic carbocycles. The fourth-order valence-corrected chi connectivity index (χ4v) is 2.14. The van der Waals surface area contributed by atoms with Crippen LogP contribution in [0.25, 0.3) is 0 Å². The fraction of sp³-hybridized carbons (Fsp3) is 0.333. The molecule has 122 valence electrons. The lowest BCUT2D eigenvalue weighted by Gasteiger charge is -2.18. The number of nitrogens with one attached hydrogen (secondary N) is 2. The average molecular weight is 313 g/mol.